The summed E-state index contributed by atoms with van der Waals surface area (Å²) in [5.41, 5.74) is 0.561. The molecule has 1 N–H and O–H groups in total. The highest BCUT2D eigenvalue weighted by atomic mass is 32.1. The maximum absolute atomic E-state index is 12.9. The normalized spacial score (nSPS) is 12.2. The van der Waals surface area contributed by atoms with Crippen LogP contribution >= 0.6 is 11.3 Å². The van der Waals surface area contributed by atoms with Crippen molar-refractivity contribution in [2.45, 2.75) is 13.0 Å². The minimum Gasteiger partial charge on any atom is -0.388 e. The Morgan fingerprint density at radius 2 is 2.00 bits per heavy atom. The lowest BCUT2D eigenvalue weighted by molar-refractivity contribution is -0.383. The average molecular weight is 296 g/mol. The molecule has 0 spiro atoms. The maximum atomic E-state index is 12.9. The molecule has 0 aliphatic rings. The van der Waals surface area contributed by atoms with Crippen molar-refractivity contribution in [1.29, 1.82) is 0 Å². The van der Waals surface area contributed by atoms with Gasteiger partial charge in [0.15, 0.2) is 5.00 Å². The molecule has 5 nitrogen and oxygen atoms in total. The van der Waals surface area contributed by atoms with Crippen LogP contribution in [0.25, 0.3) is 0 Å². The van der Waals surface area contributed by atoms with Gasteiger partial charge in [0, 0.05) is 23.7 Å². The van der Waals surface area contributed by atoms with Gasteiger partial charge < -0.3 is 10.0 Å². The van der Waals surface area contributed by atoms with Gasteiger partial charge in [0.1, 0.15) is 5.82 Å². The van der Waals surface area contributed by atoms with E-state index in [9.17, 15) is 19.6 Å². The van der Waals surface area contributed by atoms with E-state index >= 15 is 0 Å². The first kappa shape index (κ1) is 14.4. The fourth-order valence-corrected chi connectivity index (χ4v) is 2.79. The van der Waals surface area contributed by atoms with E-state index in [0.717, 1.165) is 11.3 Å². The second-order valence-electron chi connectivity index (χ2n) is 4.31. The molecular weight excluding hydrogens is 283 g/mol. The Morgan fingerprint density at radius 3 is 2.50 bits per heavy atom. The van der Waals surface area contributed by atoms with Crippen molar-refractivity contribution in [2.75, 3.05) is 11.9 Å². The first-order valence-corrected chi connectivity index (χ1v) is 6.67. The number of aliphatic hydroxyl groups excluding tert-OH is 1. The number of rotatable bonds is 4. The number of benzene rings is 1. The maximum Gasteiger partial charge on any atom is 0.304 e. The summed E-state index contributed by atoms with van der Waals surface area (Å²) in [5, 5.41) is 21.0. The number of halogens is 1. The summed E-state index contributed by atoms with van der Waals surface area (Å²) >= 11 is 1.14. The summed E-state index contributed by atoms with van der Waals surface area (Å²) in [4.78, 5) is 12.7. The van der Waals surface area contributed by atoms with E-state index in [-0.39, 0.29) is 11.5 Å². The molecule has 0 saturated carbocycles. The number of thiophene rings is 1. The van der Waals surface area contributed by atoms with Crippen LogP contribution in [0.5, 0.6) is 0 Å². The fraction of sp³-hybridized carbons (Fsp3) is 0.231. The molecule has 7 heteroatoms. The number of nitro groups is 1. The van der Waals surface area contributed by atoms with Crippen LogP contribution in [0, 0.1) is 15.9 Å². The predicted octanol–water partition coefficient (Wildman–Crippen LogP) is 3.62. The highest BCUT2D eigenvalue weighted by molar-refractivity contribution is 7.16. The van der Waals surface area contributed by atoms with Gasteiger partial charge in [-0.25, -0.2) is 4.39 Å². The van der Waals surface area contributed by atoms with Gasteiger partial charge in [-0.15, -0.1) is 11.3 Å². The summed E-state index contributed by atoms with van der Waals surface area (Å²) in [7, 11) is 1.66. The van der Waals surface area contributed by atoms with Crippen LogP contribution in [-0.2, 0) is 0 Å². The number of nitrogens with zero attached hydrogens (tertiary/aromatic N) is 2. The van der Waals surface area contributed by atoms with Gasteiger partial charge in [-0.3, -0.25) is 10.1 Å². The first-order chi connectivity index (χ1) is 9.40. The standard InChI is InChI=1S/C13H13FN2O3S/c1-8(17)12-7-11(16(18)19)13(20-12)15(2)10-5-3-9(14)4-6-10/h3-8,17H,1-2H3/t8-/m0/s1. The van der Waals surface area contributed by atoms with Crippen LogP contribution in [-0.4, -0.2) is 17.1 Å². The second kappa shape index (κ2) is 5.56. The number of anilines is 2. The summed E-state index contributed by atoms with van der Waals surface area (Å²) in [6, 6.07) is 7.04. The van der Waals surface area contributed by atoms with Crippen LogP contribution in [0.3, 0.4) is 0 Å². The van der Waals surface area contributed by atoms with Crippen LogP contribution in [0.15, 0.2) is 30.3 Å². The third-order valence-corrected chi connectivity index (χ3v) is 4.21. The lowest BCUT2D eigenvalue weighted by Gasteiger charge is -2.16. The van der Waals surface area contributed by atoms with Gasteiger partial charge in [0.25, 0.3) is 0 Å². The van der Waals surface area contributed by atoms with Crippen molar-refractivity contribution in [3.05, 3.63) is 51.1 Å². The van der Waals surface area contributed by atoms with Gasteiger partial charge in [-0.1, -0.05) is 0 Å². The van der Waals surface area contributed by atoms with Crippen molar-refractivity contribution in [2.24, 2.45) is 0 Å². The molecule has 0 bridgehead atoms. The lowest BCUT2D eigenvalue weighted by atomic mass is 10.3. The monoisotopic (exact) mass is 296 g/mol. The van der Waals surface area contributed by atoms with Crippen LogP contribution < -0.4 is 4.90 Å². The van der Waals surface area contributed by atoms with Crippen LogP contribution in [0.2, 0.25) is 0 Å². The van der Waals surface area contributed by atoms with Crippen molar-refractivity contribution >= 4 is 27.7 Å². The Kier molecular flexibility index (Phi) is 4.01. The van der Waals surface area contributed by atoms with Crippen molar-refractivity contribution in [3.8, 4) is 0 Å². The Bertz CT molecular complexity index is 625. The highest BCUT2D eigenvalue weighted by Crippen LogP contribution is 2.42. The van der Waals surface area contributed by atoms with Gasteiger partial charge in [0.05, 0.1) is 11.0 Å². The van der Waals surface area contributed by atoms with E-state index in [1.165, 1.54) is 18.2 Å². The van der Waals surface area contributed by atoms with E-state index in [2.05, 4.69) is 0 Å². The molecule has 0 aliphatic heterocycles. The quantitative estimate of drug-likeness (QED) is 0.691. The molecule has 1 heterocycles. The molecule has 0 amide bonds. The zero-order chi connectivity index (χ0) is 14.9. The van der Waals surface area contributed by atoms with E-state index in [1.54, 1.807) is 31.0 Å². The van der Waals surface area contributed by atoms with Gasteiger partial charge in [0.2, 0.25) is 0 Å². The molecule has 0 unspecified atom stereocenters. The number of hydrogen-bond acceptors (Lipinski definition) is 5. The van der Waals surface area contributed by atoms with E-state index < -0.39 is 11.0 Å². The topological polar surface area (TPSA) is 66.6 Å². The van der Waals surface area contributed by atoms with Gasteiger partial charge in [-0.2, -0.15) is 0 Å². The fourth-order valence-electron chi connectivity index (χ4n) is 1.75. The van der Waals surface area contributed by atoms with E-state index in [0.29, 0.717) is 15.6 Å². The Morgan fingerprint density at radius 1 is 1.40 bits per heavy atom. The molecular formula is C13H13FN2O3S. The third kappa shape index (κ3) is 2.78. The molecule has 1 atom stereocenters. The summed E-state index contributed by atoms with van der Waals surface area (Å²) in [5.74, 6) is -0.368. The minimum absolute atomic E-state index is 0.0716. The Labute approximate surface area is 119 Å². The molecule has 0 radical (unpaired) electrons. The molecule has 2 aromatic rings. The molecule has 0 aliphatic carbocycles. The molecule has 1 aromatic carbocycles. The minimum atomic E-state index is -0.769. The molecule has 0 saturated heterocycles. The average Bonchev–Trinajstić information content (AvgIpc) is 2.84. The first-order valence-electron chi connectivity index (χ1n) is 5.85. The zero-order valence-electron chi connectivity index (χ0n) is 10.9. The zero-order valence-corrected chi connectivity index (χ0v) is 11.7. The second-order valence-corrected chi connectivity index (χ2v) is 5.37. The van der Waals surface area contributed by atoms with Crippen LogP contribution in [0.1, 0.15) is 17.9 Å². The largest absolute Gasteiger partial charge is 0.388 e. The molecule has 20 heavy (non-hydrogen) atoms. The van der Waals surface area contributed by atoms with Crippen molar-refractivity contribution < 1.29 is 14.4 Å². The summed E-state index contributed by atoms with van der Waals surface area (Å²) in [6.45, 7) is 1.55. The molecule has 2 rings (SSSR count). The summed E-state index contributed by atoms with van der Waals surface area (Å²) < 4.78 is 12.9. The Balaban J connectivity index is 2.45. The predicted molar refractivity (Wildman–Crippen MR) is 76.1 cm³/mol. The lowest BCUT2D eigenvalue weighted by Crippen LogP contribution is -2.09. The highest BCUT2D eigenvalue weighted by Gasteiger charge is 2.24. The van der Waals surface area contributed by atoms with Crippen molar-refractivity contribution in [3.63, 3.8) is 0 Å². The van der Waals surface area contributed by atoms with Crippen LogP contribution in [0.4, 0.5) is 20.8 Å². The van der Waals surface area contributed by atoms with E-state index in [1.807, 2.05) is 0 Å². The number of aliphatic hydroxyl groups is 1. The van der Waals surface area contributed by atoms with Crippen molar-refractivity contribution in [1.82, 2.24) is 0 Å². The Hall–Kier alpha value is -1.99. The smallest absolute Gasteiger partial charge is 0.304 e. The molecule has 1 aromatic heterocycles. The third-order valence-electron chi connectivity index (χ3n) is 2.84. The number of hydrogen-bond donors (Lipinski definition) is 1. The van der Waals surface area contributed by atoms with Gasteiger partial charge >= 0.3 is 5.69 Å². The van der Waals surface area contributed by atoms with E-state index in [4.69, 9.17) is 0 Å². The molecule has 106 valence electrons. The SMILES string of the molecule is C[C@H](O)c1cc([N+](=O)[O-])c(N(C)c2ccc(F)cc2)s1. The molecule has 0 fully saturated rings. The van der Waals surface area contributed by atoms with Gasteiger partial charge in [-0.05, 0) is 31.2 Å². The summed E-state index contributed by atoms with van der Waals surface area (Å²) in [6.07, 6.45) is -0.769.